The maximum Gasteiger partial charge on any atom is 0.255 e. The first-order valence-electron chi connectivity index (χ1n) is 7.69. The fourth-order valence-electron chi connectivity index (χ4n) is 2.85. The third kappa shape index (κ3) is 2.81. The molecule has 1 aliphatic rings. The van der Waals surface area contributed by atoms with Crippen LogP contribution in [0, 0.1) is 6.92 Å². The van der Waals surface area contributed by atoms with Crippen molar-refractivity contribution in [2.75, 3.05) is 36.0 Å². The van der Waals surface area contributed by atoms with Crippen molar-refractivity contribution in [1.29, 1.82) is 0 Å². The second kappa shape index (κ2) is 6.17. The molecule has 0 amide bonds. The predicted octanol–water partition coefficient (Wildman–Crippen LogP) is 1.36. The van der Waals surface area contributed by atoms with Crippen LogP contribution in [0.1, 0.15) is 18.2 Å². The van der Waals surface area contributed by atoms with Crippen molar-refractivity contribution >= 4 is 11.8 Å². The molecule has 0 bridgehead atoms. The number of piperazine rings is 1. The van der Waals surface area contributed by atoms with Crippen LogP contribution in [-0.2, 0) is 6.42 Å². The van der Waals surface area contributed by atoms with Gasteiger partial charge in [-0.2, -0.15) is 0 Å². The molecule has 0 aliphatic carbocycles. The Morgan fingerprint density at radius 3 is 2.50 bits per heavy atom. The monoisotopic (exact) mass is 299 g/mol. The quantitative estimate of drug-likeness (QED) is 0.927. The first-order chi connectivity index (χ1) is 10.7. The van der Waals surface area contributed by atoms with Crippen LogP contribution in [0.5, 0.6) is 0 Å². The summed E-state index contributed by atoms with van der Waals surface area (Å²) in [5.41, 5.74) is 1.58. The maximum absolute atomic E-state index is 12.1. The molecular formula is C16H21N5O. The number of nitrogens with zero attached hydrogens (tertiary/aromatic N) is 4. The zero-order valence-corrected chi connectivity index (χ0v) is 13.0. The van der Waals surface area contributed by atoms with E-state index in [9.17, 15) is 4.79 Å². The highest BCUT2D eigenvalue weighted by atomic mass is 16.1. The van der Waals surface area contributed by atoms with Crippen LogP contribution < -0.4 is 15.4 Å². The minimum Gasteiger partial charge on any atom is -0.353 e. The van der Waals surface area contributed by atoms with Crippen LogP contribution in [0.4, 0.5) is 11.8 Å². The van der Waals surface area contributed by atoms with Gasteiger partial charge in [-0.3, -0.25) is 9.78 Å². The number of pyridine rings is 1. The molecule has 1 saturated heterocycles. The molecule has 0 spiro atoms. The number of anilines is 2. The zero-order valence-electron chi connectivity index (χ0n) is 13.0. The SMILES string of the molecule is CCc1c(C)nc(N2CCN(c3ccccn3)CC2)[nH]c1=O. The summed E-state index contributed by atoms with van der Waals surface area (Å²) in [5.74, 6) is 1.68. The molecule has 6 nitrogen and oxygen atoms in total. The normalized spacial score (nSPS) is 15.2. The van der Waals surface area contributed by atoms with Crippen LogP contribution in [0.3, 0.4) is 0 Å². The maximum atomic E-state index is 12.1. The molecule has 3 heterocycles. The van der Waals surface area contributed by atoms with E-state index in [4.69, 9.17) is 0 Å². The molecule has 0 radical (unpaired) electrons. The van der Waals surface area contributed by atoms with Crippen molar-refractivity contribution in [1.82, 2.24) is 15.0 Å². The van der Waals surface area contributed by atoms with Gasteiger partial charge in [0.05, 0.1) is 0 Å². The smallest absolute Gasteiger partial charge is 0.255 e. The van der Waals surface area contributed by atoms with Crippen molar-refractivity contribution in [2.24, 2.45) is 0 Å². The summed E-state index contributed by atoms with van der Waals surface area (Å²) < 4.78 is 0. The number of hydrogen-bond acceptors (Lipinski definition) is 5. The molecule has 1 N–H and O–H groups in total. The number of hydrogen-bond donors (Lipinski definition) is 1. The number of nitrogens with one attached hydrogen (secondary N) is 1. The van der Waals surface area contributed by atoms with Gasteiger partial charge in [-0.25, -0.2) is 9.97 Å². The fourth-order valence-corrected chi connectivity index (χ4v) is 2.85. The molecule has 0 atom stereocenters. The number of aromatic nitrogens is 3. The molecule has 1 fully saturated rings. The first-order valence-corrected chi connectivity index (χ1v) is 7.69. The van der Waals surface area contributed by atoms with Crippen LogP contribution in [0.25, 0.3) is 0 Å². The van der Waals surface area contributed by atoms with Gasteiger partial charge >= 0.3 is 0 Å². The van der Waals surface area contributed by atoms with E-state index in [1.54, 1.807) is 0 Å². The van der Waals surface area contributed by atoms with Crippen molar-refractivity contribution in [3.8, 4) is 0 Å². The lowest BCUT2D eigenvalue weighted by atomic mass is 10.2. The van der Waals surface area contributed by atoms with Crippen molar-refractivity contribution in [3.05, 3.63) is 46.0 Å². The minimum absolute atomic E-state index is 0.0165. The van der Waals surface area contributed by atoms with Gasteiger partial charge in [-0.05, 0) is 25.5 Å². The molecule has 3 rings (SSSR count). The number of H-pyrrole nitrogens is 1. The summed E-state index contributed by atoms with van der Waals surface area (Å²) in [4.78, 5) is 28.3. The Bertz CT molecular complexity index is 689. The van der Waals surface area contributed by atoms with E-state index in [0.717, 1.165) is 43.3 Å². The average Bonchev–Trinajstić information content (AvgIpc) is 2.55. The Morgan fingerprint density at radius 2 is 1.91 bits per heavy atom. The van der Waals surface area contributed by atoms with Crippen LogP contribution >= 0.6 is 0 Å². The Hall–Kier alpha value is -2.37. The Labute approximate surface area is 129 Å². The molecule has 0 aromatic carbocycles. The molecular weight excluding hydrogens is 278 g/mol. The first kappa shape index (κ1) is 14.6. The van der Waals surface area contributed by atoms with Gasteiger partial charge < -0.3 is 9.80 Å². The highest BCUT2D eigenvalue weighted by Crippen LogP contribution is 2.16. The summed E-state index contributed by atoms with van der Waals surface area (Å²) in [5, 5.41) is 0. The molecule has 2 aromatic rings. The number of rotatable bonds is 3. The van der Waals surface area contributed by atoms with Gasteiger partial charge in [0.15, 0.2) is 0 Å². The second-order valence-electron chi connectivity index (χ2n) is 5.47. The predicted molar refractivity (Wildman–Crippen MR) is 87.6 cm³/mol. The van der Waals surface area contributed by atoms with Gasteiger partial charge in [0, 0.05) is 43.6 Å². The number of aryl methyl sites for hydroxylation is 1. The lowest BCUT2D eigenvalue weighted by Gasteiger charge is -2.35. The standard InChI is InChI=1S/C16H21N5O/c1-3-13-12(2)18-16(19-15(13)22)21-10-8-20(9-11-21)14-6-4-5-7-17-14/h4-7H,3,8-11H2,1-2H3,(H,18,19,22). The van der Waals surface area contributed by atoms with E-state index in [2.05, 4.69) is 24.8 Å². The molecule has 1 aliphatic heterocycles. The molecule has 22 heavy (non-hydrogen) atoms. The molecule has 116 valence electrons. The summed E-state index contributed by atoms with van der Waals surface area (Å²) >= 11 is 0. The highest BCUT2D eigenvalue weighted by Gasteiger charge is 2.20. The van der Waals surface area contributed by atoms with E-state index in [1.165, 1.54) is 0 Å². The van der Waals surface area contributed by atoms with Gasteiger partial charge in [-0.1, -0.05) is 13.0 Å². The topological polar surface area (TPSA) is 65.1 Å². The summed E-state index contributed by atoms with van der Waals surface area (Å²) in [6, 6.07) is 5.95. The fraction of sp³-hybridized carbons (Fsp3) is 0.438. The Balaban J connectivity index is 1.73. The van der Waals surface area contributed by atoms with Crippen LogP contribution in [0.2, 0.25) is 0 Å². The van der Waals surface area contributed by atoms with Gasteiger partial charge in [-0.15, -0.1) is 0 Å². The van der Waals surface area contributed by atoms with E-state index < -0.39 is 0 Å². The van der Waals surface area contributed by atoms with Crippen LogP contribution in [-0.4, -0.2) is 41.1 Å². The largest absolute Gasteiger partial charge is 0.353 e. The van der Waals surface area contributed by atoms with Gasteiger partial charge in [0.1, 0.15) is 5.82 Å². The number of aromatic amines is 1. The lowest BCUT2D eigenvalue weighted by molar-refractivity contribution is 0.632. The third-order valence-electron chi connectivity index (χ3n) is 4.12. The van der Waals surface area contributed by atoms with E-state index >= 15 is 0 Å². The summed E-state index contributed by atoms with van der Waals surface area (Å²) in [7, 11) is 0. The molecule has 6 heteroatoms. The van der Waals surface area contributed by atoms with Crippen molar-refractivity contribution < 1.29 is 0 Å². The summed E-state index contributed by atoms with van der Waals surface area (Å²) in [6.07, 6.45) is 2.52. The molecule has 0 unspecified atom stereocenters. The third-order valence-corrected chi connectivity index (χ3v) is 4.12. The Morgan fingerprint density at radius 1 is 1.18 bits per heavy atom. The zero-order chi connectivity index (χ0) is 15.5. The second-order valence-corrected chi connectivity index (χ2v) is 5.47. The molecule has 2 aromatic heterocycles. The van der Waals surface area contributed by atoms with Gasteiger partial charge in [0.25, 0.3) is 5.56 Å². The lowest BCUT2D eigenvalue weighted by Crippen LogP contribution is -2.47. The molecule has 0 saturated carbocycles. The Kier molecular flexibility index (Phi) is 4.09. The van der Waals surface area contributed by atoms with E-state index in [-0.39, 0.29) is 5.56 Å². The summed E-state index contributed by atoms with van der Waals surface area (Å²) in [6.45, 7) is 7.27. The van der Waals surface area contributed by atoms with Crippen molar-refractivity contribution in [2.45, 2.75) is 20.3 Å². The average molecular weight is 299 g/mol. The van der Waals surface area contributed by atoms with Gasteiger partial charge in [0.2, 0.25) is 5.95 Å². The van der Waals surface area contributed by atoms with Crippen molar-refractivity contribution in [3.63, 3.8) is 0 Å². The highest BCUT2D eigenvalue weighted by molar-refractivity contribution is 5.42. The van der Waals surface area contributed by atoms with E-state index in [1.807, 2.05) is 38.2 Å². The van der Waals surface area contributed by atoms with E-state index in [0.29, 0.717) is 12.4 Å². The minimum atomic E-state index is -0.0165. The van der Waals surface area contributed by atoms with Crippen LogP contribution in [0.15, 0.2) is 29.2 Å².